The number of hydrogen-bond donors (Lipinski definition) is 2. The number of nitrogens with one attached hydrogen (secondary N) is 2. The Labute approximate surface area is 192 Å². The van der Waals surface area contributed by atoms with Gasteiger partial charge in [0.2, 0.25) is 5.91 Å². The van der Waals surface area contributed by atoms with Gasteiger partial charge in [-0.15, -0.1) is 11.8 Å². The third-order valence-electron chi connectivity index (χ3n) is 5.65. The number of thioether (sulfide) groups is 1. The van der Waals surface area contributed by atoms with Crippen LogP contribution in [0.15, 0.2) is 29.2 Å². The van der Waals surface area contributed by atoms with Gasteiger partial charge in [0.25, 0.3) is 0 Å². The normalized spacial score (nSPS) is 16.4. The lowest BCUT2D eigenvalue weighted by Crippen LogP contribution is -2.36. The van der Waals surface area contributed by atoms with E-state index >= 15 is 0 Å². The number of carbonyl (C=O) groups excluding carboxylic acids is 2. The van der Waals surface area contributed by atoms with E-state index in [0.717, 1.165) is 35.4 Å². The highest BCUT2D eigenvalue weighted by Gasteiger charge is 2.25. The van der Waals surface area contributed by atoms with Crippen LogP contribution in [-0.2, 0) is 24.2 Å². The molecule has 0 unspecified atom stereocenters. The maximum Gasteiger partial charge on any atom is 0.321 e. The van der Waals surface area contributed by atoms with Gasteiger partial charge < -0.3 is 10.2 Å². The van der Waals surface area contributed by atoms with Gasteiger partial charge in [0.05, 0.1) is 18.7 Å². The Morgan fingerprint density at radius 1 is 1.23 bits per heavy atom. The molecule has 0 radical (unpaired) electrons. The zero-order valence-corrected chi connectivity index (χ0v) is 19.8. The van der Waals surface area contributed by atoms with Crippen LogP contribution >= 0.6 is 23.1 Å². The molecule has 2 aromatic rings. The lowest BCUT2D eigenvalue weighted by atomic mass is 10.1. The lowest BCUT2D eigenvalue weighted by molar-refractivity contribution is -0.131. The van der Waals surface area contributed by atoms with Gasteiger partial charge in [-0.3, -0.25) is 10.1 Å². The van der Waals surface area contributed by atoms with Crippen LogP contribution in [0.4, 0.5) is 9.93 Å². The van der Waals surface area contributed by atoms with E-state index in [1.54, 1.807) is 0 Å². The summed E-state index contributed by atoms with van der Waals surface area (Å²) in [5.41, 5.74) is 2.04. The highest BCUT2D eigenvalue weighted by Crippen LogP contribution is 2.29. The van der Waals surface area contributed by atoms with Crippen LogP contribution in [0.25, 0.3) is 0 Å². The predicted molar refractivity (Wildman–Crippen MR) is 127 cm³/mol. The fourth-order valence-corrected chi connectivity index (χ4v) is 5.95. The topological polar surface area (TPSA) is 74.3 Å². The summed E-state index contributed by atoms with van der Waals surface area (Å²) in [6.07, 6.45) is 5.61. The number of rotatable bonds is 6. The molecular weight excluding hydrogens is 428 g/mol. The summed E-state index contributed by atoms with van der Waals surface area (Å²) < 4.78 is 0. The third kappa shape index (κ3) is 6.01. The molecule has 1 fully saturated rings. The van der Waals surface area contributed by atoms with E-state index in [0.29, 0.717) is 29.9 Å². The number of thiazole rings is 1. The standard InChI is InChI=1S/C23H30N4O2S2/c1-15(2)30-18-9-7-16(8-10-18)13-21(28)27-12-11-19-20(14-27)31-23(25-19)26-22(29)24-17-5-3-4-6-17/h7-10,15,17H,3-6,11-14H2,1-2H3,(H2,24,25,26,29). The van der Waals surface area contributed by atoms with E-state index in [9.17, 15) is 9.59 Å². The summed E-state index contributed by atoms with van der Waals surface area (Å²) in [5, 5.41) is 7.07. The number of anilines is 1. The Bertz CT molecular complexity index is 920. The summed E-state index contributed by atoms with van der Waals surface area (Å²) in [6.45, 7) is 5.59. The largest absolute Gasteiger partial charge is 0.337 e. The Kier molecular flexibility index (Phi) is 7.17. The van der Waals surface area contributed by atoms with Crippen molar-refractivity contribution in [2.75, 3.05) is 11.9 Å². The minimum Gasteiger partial charge on any atom is -0.337 e. The second kappa shape index (κ2) is 10.0. The lowest BCUT2D eigenvalue weighted by Gasteiger charge is -2.26. The van der Waals surface area contributed by atoms with Gasteiger partial charge >= 0.3 is 6.03 Å². The average Bonchev–Trinajstić information content (AvgIpc) is 3.37. The monoisotopic (exact) mass is 458 g/mol. The SMILES string of the molecule is CC(C)Sc1ccc(CC(=O)N2CCc3nc(NC(=O)NC4CCCC4)sc3C2)cc1. The maximum atomic E-state index is 12.8. The van der Waals surface area contributed by atoms with Crippen molar-refractivity contribution in [3.8, 4) is 0 Å². The van der Waals surface area contributed by atoms with E-state index in [1.807, 2.05) is 16.7 Å². The Balaban J connectivity index is 1.31. The zero-order valence-electron chi connectivity index (χ0n) is 18.1. The minimum atomic E-state index is -0.176. The van der Waals surface area contributed by atoms with Gasteiger partial charge in [0, 0.05) is 34.0 Å². The van der Waals surface area contributed by atoms with Crippen molar-refractivity contribution < 1.29 is 9.59 Å². The van der Waals surface area contributed by atoms with E-state index in [2.05, 4.69) is 53.7 Å². The van der Waals surface area contributed by atoms with Crippen molar-refractivity contribution in [3.05, 3.63) is 40.4 Å². The number of urea groups is 1. The number of benzene rings is 1. The molecule has 1 aliphatic heterocycles. The van der Waals surface area contributed by atoms with Gasteiger partial charge in [-0.2, -0.15) is 0 Å². The molecule has 166 valence electrons. The summed E-state index contributed by atoms with van der Waals surface area (Å²) in [5.74, 6) is 0.136. The van der Waals surface area contributed by atoms with E-state index in [-0.39, 0.29) is 18.0 Å². The molecule has 0 spiro atoms. The molecule has 3 amide bonds. The molecule has 31 heavy (non-hydrogen) atoms. The molecule has 1 aromatic heterocycles. The van der Waals surface area contributed by atoms with Crippen LogP contribution in [0, 0.1) is 0 Å². The molecule has 2 N–H and O–H groups in total. The fraction of sp³-hybridized carbons (Fsp3) is 0.522. The van der Waals surface area contributed by atoms with Crippen molar-refractivity contribution in [2.45, 2.75) is 75.1 Å². The second-order valence-electron chi connectivity index (χ2n) is 8.52. The summed E-state index contributed by atoms with van der Waals surface area (Å²) in [4.78, 5) is 33.8. The molecule has 0 atom stereocenters. The van der Waals surface area contributed by atoms with Crippen molar-refractivity contribution in [1.29, 1.82) is 0 Å². The number of amides is 3. The number of carbonyl (C=O) groups is 2. The Hall–Kier alpha value is -2.06. The fourth-order valence-electron chi connectivity index (χ4n) is 4.10. The van der Waals surface area contributed by atoms with Gasteiger partial charge in [-0.25, -0.2) is 9.78 Å². The average molecular weight is 459 g/mol. The van der Waals surface area contributed by atoms with Gasteiger partial charge in [-0.05, 0) is 30.5 Å². The van der Waals surface area contributed by atoms with Gasteiger partial charge in [0.1, 0.15) is 0 Å². The predicted octanol–water partition coefficient (Wildman–Crippen LogP) is 4.84. The van der Waals surface area contributed by atoms with Crippen LogP contribution in [0.5, 0.6) is 0 Å². The summed E-state index contributed by atoms with van der Waals surface area (Å²) in [6, 6.07) is 8.40. The first kappa shape index (κ1) is 22.1. The van der Waals surface area contributed by atoms with Crippen LogP contribution in [0.1, 0.15) is 55.7 Å². The molecule has 0 saturated heterocycles. The van der Waals surface area contributed by atoms with Crippen molar-refractivity contribution in [2.24, 2.45) is 0 Å². The molecule has 1 aliphatic carbocycles. The summed E-state index contributed by atoms with van der Waals surface area (Å²) in [7, 11) is 0. The molecule has 8 heteroatoms. The molecule has 1 aromatic carbocycles. The molecule has 1 saturated carbocycles. The molecule has 2 heterocycles. The first-order chi connectivity index (χ1) is 15.0. The van der Waals surface area contributed by atoms with Crippen molar-refractivity contribution in [1.82, 2.24) is 15.2 Å². The maximum absolute atomic E-state index is 12.8. The number of aromatic nitrogens is 1. The molecule has 0 bridgehead atoms. The zero-order chi connectivity index (χ0) is 21.8. The Morgan fingerprint density at radius 3 is 2.68 bits per heavy atom. The molecule has 6 nitrogen and oxygen atoms in total. The van der Waals surface area contributed by atoms with Crippen LogP contribution in [0.2, 0.25) is 0 Å². The number of nitrogens with zero attached hydrogens (tertiary/aromatic N) is 2. The molecular formula is C23H30N4O2S2. The van der Waals surface area contributed by atoms with Gasteiger partial charge in [0.15, 0.2) is 5.13 Å². The van der Waals surface area contributed by atoms with Crippen molar-refractivity contribution in [3.63, 3.8) is 0 Å². The first-order valence-electron chi connectivity index (χ1n) is 11.1. The highest BCUT2D eigenvalue weighted by molar-refractivity contribution is 7.99. The molecule has 4 rings (SSSR count). The van der Waals surface area contributed by atoms with Crippen molar-refractivity contribution >= 4 is 40.2 Å². The van der Waals surface area contributed by atoms with Crippen LogP contribution < -0.4 is 10.6 Å². The van der Waals surface area contributed by atoms with E-state index in [4.69, 9.17) is 0 Å². The minimum absolute atomic E-state index is 0.136. The number of fused-ring (bicyclic) bond motifs is 1. The smallest absolute Gasteiger partial charge is 0.321 e. The third-order valence-corrected chi connectivity index (χ3v) is 7.66. The van der Waals surface area contributed by atoms with Crippen LogP contribution in [-0.4, -0.2) is 39.7 Å². The van der Waals surface area contributed by atoms with E-state index < -0.39 is 0 Å². The highest BCUT2D eigenvalue weighted by atomic mass is 32.2. The quantitative estimate of drug-likeness (QED) is 0.608. The Morgan fingerprint density at radius 2 is 1.97 bits per heavy atom. The summed E-state index contributed by atoms with van der Waals surface area (Å²) >= 11 is 3.30. The second-order valence-corrected chi connectivity index (χ2v) is 11.3. The van der Waals surface area contributed by atoms with Crippen LogP contribution in [0.3, 0.4) is 0 Å². The molecule has 2 aliphatic rings. The number of hydrogen-bond acceptors (Lipinski definition) is 5. The first-order valence-corrected chi connectivity index (χ1v) is 12.8. The van der Waals surface area contributed by atoms with E-state index in [1.165, 1.54) is 29.1 Å². The van der Waals surface area contributed by atoms with Gasteiger partial charge in [-0.1, -0.05) is 50.2 Å².